The first-order chi connectivity index (χ1) is 15.0. The lowest BCUT2D eigenvalue weighted by atomic mass is 10.1. The minimum atomic E-state index is -0.275. The molecule has 0 aliphatic heterocycles. The zero-order chi connectivity index (χ0) is 21.8. The molecule has 2 amide bonds. The quantitative estimate of drug-likeness (QED) is 0.346. The van der Waals surface area contributed by atoms with Gasteiger partial charge in [0.1, 0.15) is 0 Å². The second kappa shape index (κ2) is 9.31. The van der Waals surface area contributed by atoms with Crippen molar-refractivity contribution in [1.82, 2.24) is 4.98 Å². The summed E-state index contributed by atoms with van der Waals surface area (Å²) in [6.07, 6.45) is 0. The Labute approximate surface area is 192 Å². The summed E-state index contributed by atoms with van der Waals surface area (Å²) in [5.41, 5.74) is 3.18. The molecule has 1 aromatic heterocycles. The molecule has 31 heavy (non-hydrogen) atoms. The number of amides is 2. The van der Waals surface area contributed by atoms with Gasteiger partial charge in [-0.05, 0) is 48.5 Å². The van der Waals surface area contributed by atoms with Crippen LogP contribution in [0.5, 0.6) is 0 Å². The van der Waals surface area contributed by atoms with Crippen molar-refractivity contribution in [2.75, 3.05) is 10.6 Å². The van der Waals surface area contributed by atoms with Gasteiger partial charge in [-0.3, -0.25) is 14.9 Å². The van der Waals surface area contributed by atoms with Crippen LogP contribution in [-0.2, 0) is 0 Å². The molecule has 2 N–H and O–H groups in total. The molecule has 154 valence electrons. The highest BCUT2D eigenvalue weighted by atomic mass is 35.5. The number of carbonyl (C=O) groups excluding carboxylic acids is 2. The lowest BCUT2D eigenvalue weighted by molar-refractivity contribution is 0.101. The smallest absolute Gasteiger partial charge is 0.257 e. The molecule has 0 fully saturated rings. The standard InChI is InChI=1S/C23H15Cl2N3O2S/c24-17-5-1-3-15(11-17)21(29)26-19-9-7-14(8-10-19)20-13-31-23(27-20)28-22(30)16-4-2-6-18(25)12-16/h1-13H,(H,26,29)(H,27,28,30). The molecular weight excluding hydrogens is 453 g/mol. The molecule has 0 radical (unpaired) electrons. The third-order valence-electron chi connectivity index (χ3n) is 4.34. The topological polar surface area (TPSA) is 71.1 Å². The van der Waals surface area contributed by atoms with E-state index >= 15 is 0 Å². The van der Waals surface area contributed by atoms with E-state index in [1.165, 1.54) is 11.3 Å². The lowest BCUT2D eigenvalue weighted by Gasteiger charge is -2.06. The zero-order valence-corrected chi connectivity index (χ0v) is 18.3. The minimum absolute atomic E-state index is 0.241. The van der Waals surface area contributed by atoms with Gasteiger partial charge in [0, 0.05) is 37.8 Å². The van der Waals surface area contributed by atoms with Crippen molar-refractivity contribution in [3.63, 3.8) is 0 Å². The molecule has 0 saturated carbocycles. The molecule has 1 heterocycles. The van der Waals surface area contributed by atoms with Gasteiger partial charge >= 0.3 is 0 Å². The lowest BCUT2D eigenvalue weighted by Crippen LogP contribution is -2.11. The van der Waals surface area contributed by atoms with E-state index < -0.39 is 0 Å². The maximum absolute atomic E-state index is 12.3. The van der Waals surface area contributed by atoms with E-state index in [9.17, 15) is 9.59 Å². The largest absolute Gasteiger partial charge is 0.322 e. The van der Waals surface area contributed by atoms with E-state index in [4.69, 9.17) is 23.2 Å². The van der Waals surface area contributed by atoms with Crippen LogP contribution in [0.25, 0.3) is 11.3 Å². The zero-order valence-electron chi connectivity index (χ0n) is 15.9. The third kappa shape index (κ3) is 5.30. The van der Waals surface area contributed by atoms with Crippen LogP contribution in [0.1, 0.15) is 20.7 Å². The number of benzene rings is 3. The first-order valence-electron chi connectivity index (χ1n) is 9.18. The fourth-order valence-electron chi connectivity index (χ4n) is 2.82. The van der Waals surface area contributed by atoms with Crippen LogP contribution in [0, 0.1) is 0 Å². The predicted octanol–water partition coefficient (Wildman–Crippen LogP) is 6.62. The summed E-state index contributed by atoms with van der Waals surface area (Å²) < 4.78 is 0. The van der Waals surface area contributed by atoms with Gasteiger partial charge in [-0.15, -0.1) is 11.3 Å². The molecule has 4 rings (SSSR count). The van der Waals surface area contributed by atoms with Gasteiger partial charge in [-0.1, -0.05) is 47.5 Å². The Hall–Kier alpha value is -3.19. The first-order valence-corrected chi connectivity index (χ1v) is 10.8. The van der Waals surface area contributed by atoms with Crippen LogP contribution in [0.3, 0.4) is 0 Å². The van der Waals surface area contributed by atoms with Gasteiger partial charge in [0.15, 0.2) is 5.13 Å². The maximum Gasteiger partial charge on any atom is 0.257 e. The predicted molar refractivity (Wildman–Crippen MR) is 126 cm³/mol. The van der Waals surface area contributed by atoms with Gasteiger partial charge in [0.05, 0.1) is 5.69 Å². The second-order valence-electron chi connectivity index (χ2n) is 6.54. The van der Waals surface area contributed by atoms with Crippen LogP contribution in [0.2, 0.25) is 10.0 Å². The molecule has 0 atom stereocenters. The van der Waals surface area contributed by atoms with Crippen molar-refractivity contribution < 1.29 is 9.59 Å². The minimum Gasteiger partial charge on any atom is -0.322 e. The van der Waals surface area contributed by atoms with Crippen molar-refractivity contribution in [3.8, 4) is 11.3 Å². The number of anilines is 2. The molecule has 0 aliphatic carbocycles. The fourth-order valence-corrected chi connectivity index (χ4v) is 3.92. The average molecular weight is 468 g/mol. The summed E-state index contributed by atoms with van der Waals surface area (Å²) in [6.45, 7) is 0. The number of hydrogen-bond acceptors (Lipinski definition) is 4. The molecule has 0 saturated heterocycles. The number of hydrogen-bond donors (Lipinski definition) is 2. The van der Waals surface area contributed by atoms with E-state index in [0.717, 1.165) is 11.3 Å². The highest BCUT2D eigenvalue weighted by Gasteiger charge is 2.11. The average Bonchev–Trinajstić information content (AvgIpc) is 3.22. The second-order valence-corrected chi connectivity index (χ2v) is 8.28. The molecule has 0 aliphatic rings. The number of carbonyl (C=O) groups is 2. The van der Waals surface area contributed by atoms with Crippen LogP contribution >= 0.6 is 34.5 Å². The van der Waals surface area contributed by atoms with E-state index in [1.807, 2.05) is 17.5 Å². The van der Waals surface area contributed by atoms with Crippen molar-refractivity contribution in [1.29, 1.82) is 0 Å². The number of thiazole rings is 1. The van der Waals surface area contributed by atoms with Gasteiger partial charge in [-0.25, -0.2) is 4.98 Å². The molecule has 3 aromatic carbocycles. The Morgan fingerprint density at radius 3 is 1.94 bits per heavy atom. The van der Waals surface area contributed by atoms with E-state index in [0.29, 0.717) is 32.0 Å². The Morgan fingerprint density at radius 1 is 0.774 bits per heavy atom. The normalized spacial score (nSPS) is 10.5. The molecule has 0 unspecified atom stereocenters. The number of aromatic nitrogens is 1. The highest BCUT2D eigenvalue weighted by molar-refractivity contribution is 7.14. The van der Waals surface area contributed by atoms with Crippen molar-refractivity contribution in [2.45, 2.75) is 0 Å². The van der Waals surface area contributed by atoms with Crippen molar-refractivity contribution in [2.24, 2.45) is 0 Å². The molecule has 0 spiro atoms. The Bertz CT molecular complexity index is 1260. The van der Waals surface area contributed by atoms with Crippen LogP contribution < -0.4 is 10.6 Å². The van der Waals surface area contributed by atoms with Crippen LogP contribution in [0.4, 0.5) is 10.8 Å². The third-order valence-corrected chi connectivity index (χ3v) is 5.56. The summed E-state index contributed by atoms with van der Waals surface area (Å²) >= 11 is 13.2. The van der Waals surface area contributed by atoms with E-state index in [1.54, 1.807) is 60.7 Å². The van der Waals surface area contributed by atoms with Gasteiger partial charge in [0.2, 0.25) is 0 Å². The van der Waals surface area contributed by atoms with E-state index in [2.05, 4.69) is 15.6 Å². The summed E-state index contributed by atoms with van der Waals surface area (Å²) in [4.78, 5) is 29.2. The Balaban J connectivity index is 1.42. The van der Waals surface area contributed by atoms with Gasteiger partial charge in [0.25, 0.3) is 11.8 Å². The summed E-state index contributed by atoms with van der Waals surface area (Å²) in [5, 5.41) is 8.95. The number of halogens is 2. The van der Waals surface area contributed by atoms with Gasteiger partial charge < -0.3 is 5.32 Å². The monoisotopic (exact) mass is 467 g/mol. The molecule has 0 bridgehead atoms. The molecule has 8 heteroatoms. The summed E-state index contributed by atoms with van der Waals surface area (Å²) in [7, 11) is 0. The number of nitrogens with zero attached hydrogens (tertiary/aromatic N) is 1. The Morgan fingerprint density at radius 2 is 1.35 bits per heavy atom. The number of nitrogens with one attached hydrogen (secondary N) is 2. The van der Waals surface area contributed by atoms with Crippen molar-refractivity contribution in [3.05, 3.63) is 99.3 Å². The van der Waals surface area contributed by atoms with E-state index in [-0.39, 0.29) is 11.8 Å². The molecule has 4 aromatic rings. The first kappa shape index (κ1) is 21.1. The Kier molecular flexibility index (Phi) is 6.32. The fraction of sp³-hybridized carbons (Fsp3) is 0. The summed E-state index contributed by atoms with van der Waals surface area (Å²) in [5.74, 6) is -0.516. The SMILES string of the molecule is O=C(Nc1ccc(-c2csc(NC(=O)c3cccc(Cl)c3)n2)cc1)c1cccc(Cl)c1. The highest BCUT2D eigenvalue weighted by Crippen LogP contribution is 2.27. The summed E-state index contributed by atoms with van der Waals surface area (Å²) in [6, 6.07) is 20.8. The molecular formula is C23H15Cl2N3O2S. The van der Waals surface area contributed by atoms with Gasteiger partial charge in [-0.2, -0.15) is 0 Å². The van der Waals surface area contributed by atoms with Crippen molar-refractivity contribution >= 4 is 57.2 Å². The maximum atomic E-state index is 12.3. The van der Waals surface area contributed by atoms with Crippen LogP contribution in [-0.4, -0.2) is 16.8 Å². The number of rotatable bonds is 5. The molecule has 5 nitrogen and oxygen atoms in total. The van der Waals surface area contributed by atoms with Crippen LogP contribution in [0.15, 0.2) is 78.2 Å².